The minimum Gasteiger partial charge on any atom is -0.487 e. The van der Waals surface area contributed by atoms with E-state index in [1.54, 1.807) is 0 Å². The smallest absolute Gasteiger partial charge is 0.347 e. The summed E-state index contributed by atoms with van der Waals surface area (Å²) >= 11 is 1.23. The van der Waals surface area contributed by atoms with Crippen LogP contribution in [-0.2, 0) is 13.0 Å². The summed E-state index contributed by atoms with van der Waals surface area (Å²) in [5.41, 5.74) is 1.69. The molecule has 4 nitrogen and oxygen atoms in total. The first-order valence-corrected chi connectivity index (χ1v) is 7.77. The van der Waals surface area contributed by atoms with Crippen molar-refractivity contribution in [1.82, 2.24) is 4.98 Å². The number of carbonyl (C=O) groups is 1. The standard InChI is InChI=1S/C16H19NO3S/c1-4-11-6-5-7-12(8-11)20-9-13-14(16(18)19)21-15(17-13)10(2)3/h5-8,10H,4,9H2,1-3H3,(H,18,19). The molecule has 0 spiro atoms. The molecule has 1 heterocycles. The Morgan fingerprint density at radius 1 is 1.43 bits per heavy atom. The van der Waals surface area contributed by atoms with E-state index in [1.807, 2.05) is 38.1 Å². The lowest BCUT2D eigenvalue weighted by Gasteiger charge is -2.06. The molecule has 0 unspecified atom stereocenters. The first-order chi connectivity index (χ1) is 10.0. The van der Waals surface area contributed by atoms with Gasteiger partial charge in [-0.05, 0) is 24.1 Å². The Morgan fingerprint density at radius 2 is 2.19 bits per heavy atom. The summed E-state index contributed by atoms with van der Waals surface area (Å²) in [5.74, 6) is 0.00960. The second kappa shape index (κ2) is 6.72. The lowest BCUT2D eigenvalue weighted by Crippen LogP contribution is -2.03. The molecule has 0 aliphatic heterocycles. The molecule has 1 aromatic carbocycles. The van der Waals surface area contributed by atoms with E-state index in [0.717, 1.165) is 17.2 Å². The molecule has 5 heteroatoms. The molecule has 0 fully saturated rings. The van der Waals surface area contributed by atoms with Crippen LogP contribution in [0.25, 0.3) is 0 Å². The number of aromatic nitrogens is 1. The van der Waals surface area contributed by atoms with Crippen LogP contribution in [0.3, 0.4) is 0 Å². The van der Waals surface area contributed by atoms with Gasteiger partial charge in [0, 0.05) is 5.92 Å². The molecular formula is C16H19NO3S. The van der Waals surface area contributed by atoms with Crippen LogP contribution in [0.15, 0.2) is 24.3 Å². The Balaban J connectivity index is 2.16. The van der Waals surface area contributed by atoms with E-state index >= 15 is 0 Å². The number of aryl methyl sites for hydroxylation is 1. The number of aromatic carboxylic acids is 1. The molecule has 0 atom stereocenters. The van der Waals surface area contributed by atoms with Crippen molar-refractivity contribution >= 4 is 17.3 Å². The van der Waals surface area contributed by atoms with Gasteiger partial charge in [0.05, 0.1) is 5.01 Å². The van der Waals surface area contributed by atoms with Gasteiger partial charge in [-0.2, -0.15) is 0 Å². The summed E-state index contributed by atoms with van der Waals surface area (Å²) in [5, 5.41) is 10.1. The SMILES string of the molecule is CCc1cccc(OCc2nc(C(C)C)sc2C(=O)O)c1. The predicted molar refractivity (Wildman–Crippen MR) is 83.3 cm³/mol. The second-order valence-electron chi connectivity index (χ2n) is 5.08. The Labute approximate surface area is 128 Å². The monoisotopic (exact) mass is 305 g/mol. The molecule has 21 heavy (non-hydrogen) atoms. The fraction of sp³-hybridized carbons (Fsp3) is 0.375. The van der Waals surface area contributed by atoms with Gasteiger partial charge in [-0.25, -0.2) is 9.78 Å². The fourth-order valence-electron chi connectivity index (χ4n) is 1.89. The molecular weight excluding hydrogens is 286 g/mol. The molecule has 0 radical (unpaired) electrons. The summed E-state index contributed by atoms with van der Waals surface area (Å²) in [6, 6.07) is 7.81. The van der Waals surface area contributed by atoms with Crippen molar-refractivity contribution in [2.75, 3.05) is 0 Å². The summed E-state index contributed by atoms with van der Waals surface area (Å²) in [4.78, 5) is 16.0. The molecule has 0 aliphatic carbocycles. The topological polar surface area (TPSA) is 59.4 Å². The second-order valence-corrected chi connectivity index (χ2v) is 6.11. The Kier molecular flexibility index (Phi) is 4.96. The number of ether oxygens (including phenoxy) is 1. The highest BCUT2D eigenvalue weighted by Crippen LogP contribution is 2.26. The highest BCUT2D eigenvalue weighted by Gasteiger charge is 2.19. The Hall–Kier alpha value is -1.88. The van der Waals surface area contributed by atoms with Crippen LogP contribution in [0.2, 0.25) is 0 Å². The largest absolute Gasteiger partial charge is 0.487 e. The third kappa shape index (κ3) is 3.82. The van der Waals surface area contributed by atoms with Gasteiger partial charge in [-0.15, -0.1) is 11.3 Å². The van der Waals surface area contributed by atoms with Crippen molar-refractivity contribution in [3.05, 3.63) is 45.4 Å². The van der Waals surface area contributed by atoms with Gasteiger partial charge in [0.25, 0.3) is 0 Å². The maximum atomic E-state index is 11.3. The lowest BCUT2D eigenvalue weighted by molar-refractivity contribution is 0.0699. The molecule has 1 N–H and O–H groups in total. The first-order valence-electron chi connectivity index (χ1n) is 6.95. The minimum absolute atomic E-state index is 0.179. The van der Waals surface area contributed by atoms with Crippen LogP contribution >= 0.6 is 11.3 Å². The number of carboxylic acid groups (broad SMARTS) is 1. The Morgan fingerprint density at radius 3 is 2.81 bits per heavy atom. The fourth-order valence-corrected chi connectivity index (χ4v) is 2.80. The lowest BCUT2D eigenvalue weighted by atomic mass is 10.2. The number of nitrogens with zero attached hydrogens (tertiary/aromatic N) is 1. The zero-order valence-corrected chi connectivity index (χ0v) is 13.2. The van der Waals surface area contributed by atoms with Gasteiger partial charge >= 0.3 is 5.97 Å². The molecule has 0 saturated carbocycles. The van der Waals surface area contributed by atoms with Crippen molar-refractivity contribution in [1.29, 1.82) is 0 Å². The average Bonchev–Trinajstić information content (AvgIpc) is 2.90. The van der Waals surface area contributed by atoms with E-state index in [2.05, 4.69) is 11.9 Å². The van der Waals surface area contributed by atoms with Crippen molar-refractivity contribution < 1.29 is 14.6 Å². The normalized spacial score (nSPS) is 10.9. The van der Waals surface area contributed by atoms with E-state index in [0.29, 0.717) is 5.69 Å². The molecule has 112 valence electrons. The molecule has 1 aromatic heterocycles. The summed E-state index contributed by atoms with van der Waals surface area (Å²) in [7, 11) is 0. The van der Waals surface area contributed by atoms with Crippen molar-refractivity contribution in [2.45, 2.75) is 39.7 Å². The maximum absolute atomic E-state index is 11.3. The van der Waals surface area contributed by atoms with Gasteiger partial charge in [0.15, 0.2) is 0 Å². The predicted octanol–water partition coefficient (Wildman–Crippen LogP) is 4.11. The van der Waals surface area contributed by atoms with Crippen molar-refractivity contribution in [3.63, 3.8) is 0 Å². The first kappa shape index (κ1) is 15.5. The summed E-state index contributed by atoms with van der Waals surface area (Å²) < 4.78 is 5.70. The van der Waals surface area contributed by atoms with E-state index < -0.39 is 5.97 Å². The highest BCUT2D eigenvalue weighted by molar-refractivity contribution is 7.13. The molecule has 0 aliphatic rings. The molecule has 2 rings (SSSR count). The van der Waals surface area contributed by atoms with E-state index in [-0.39, 0.29) is 17.4 Å². The van der Waals surface area contributed by atoms with E-state index in [9.17, 15) is 9.90 Å². The van der Waals surface area contributed by atoms with Crippen LogP contribution in [0, 0.1) is 0 Å². The van der Waals surface area contributed by atoms with Gasteiger partial charge < -0.3 is 9.84 Å². The summed E-state index contributed by atoms with van der Waals surface area (Å²) in [6.45, 7) is 6.26. The van der Waals surface area contributed by atoms with E-state index in [4.69, 9.17) is 4.74 Å². The van der Waals surface area contributed by atoms with Gasteiger partial charge in [0.1, 0.15) is 22.9 Å². The molecule has 0 saturated heterocycles. The maximum Gasteiger partial charge on any atom is 0.347 e. The van der Waals surface area contributed by atoms with Gasteiger partial charge in [-0.1, -0.05) is 32.9 Å². The molecule has 0 amide bonds. The average molecular weight is 305 g/mol. The third-order valence-corrected chi connectivity index (χ3v) is 4.47. The third-order valence-electron chi connectivity index (χ3n) is 3.08. The number of benzene rings is 1. The quantitative estimate of drug-likeness (QED) is 0.872. The van der Waals surface area contributed by atoms with Crippen molar-refractivity contribution in [2.24, 2.45) is 0 Å². The van der Waals surface area contributed by atoms with Crippen LogP contribution < -0.4 is 4.74 Å². The zero-order chi connectivity index (χ0) is 15.4. The highest BCUT2D eigenvalue weighted by atomic mass is 32.1. The van der Waals surface area contributed by atoms with Crippen LogP contribution in [-0.4, -0.2) is 16.1 Å². The Bertz CT molecular complexity index is 634. The van der Waals surface area contributed by atoms with E-state index in [1.165, 1.54) is 16.9 Å². The summed E-state index contributed by atoms with van der Waals surface area (Å²) in [6.07, 6.45) is 0.936. The molecule has 2 aromatic rings. The van der Waals surface area contributed by atoms with Gasteiger partial charge in [0.2, 0.25) is 0 Å². The van der Waals surface area contributed by atoms with Crippen LogP contribution in [0.1, 0.15) is 52.6 Å². The van der Waals surface area contributed by atoms with Crippen LogP contribution in [0.5, 0.6) is 5.75 Å². The zero-order valence-electron chi connectivity index (χ0n) is 12.4. The molecule has 0 bridgehead atoms. The number of hydrogen-bond donors (Lipinski definition) is 1. The number of thiazole rings is 1. The van der Waals surface area contributed by atoms with Crippen LogP contribution in [0.4, 0.5) is 0 Å². The van der Waals surface area contributed by atoms with Gasteiger partial charge in [-0.3, -0.25) is 0 Å². The number of rotatable bonds is 6. The van der Waals surface area contributed by atoms with Crippen molar-refractivity contribution in [3.8, 4) is 5.75 Å². The number of carboxylic acids is 1. The number of hydrogen-bond acceptors (Lipinski definition) is 4. The minimum atomic E-state index is -0.944.